The Kier molecular flexibility index (Phi) is 3.65. The van der Waals surface area contributed by atoms with Gasteiger partial charge in [-0.25, -0.2) is 0 Å². The normalized spacial score (nSPS) is 17.7. The lowest BCUT2D eigenvalue weighted by molar-refractivity contribution is 0.185. The Hall–Kier alpha value is -0.820. The number of rotatable bonds is 6. The van der Waals surface area contributed by atoms with Gasteiger partial charge in [0.1, 0.15) is 0 Å². The van der Waals surface area contributed by atoms with E-state index in [4.69, 9.17) is 0 Å². The zero-order chi connectivity index (χ0) is 11.4. The average molecular weight is 217 g/mol. The molecule has 0 saturated heterocycles. The second-order valence-electron chi connectivity index (χ2n) is 4.88. The van der Waals surface area contributed by atoms with Crippen molar-refractivity contribution >= 4 is 0 Å². The van der Waals surface area contributed by atoms with Gasteiger partial charge in [0.05, 0.1) is 0 Å². The van der Waals surface area contributed by atoms with Crippen LogP contribution in [-0.4, -0.2) is 23.5 Å². The SMILES string of the molecule is CCN(CC)C1(CCc2ccccc2)CC1. The first-order chi connectivity index (χ1) is 7.80. The van der Waals surface area contributed by atoms with Crippen molar-refractivity contribution in [1.29, 1.82) is 0 Å². The van der Waals surface area contributed by atoms with Crippen LogP contribution in [0, 0.1) is 0 Å². The molecule has 1 aromatic rings. The summed E-state index contributed by atoms with van der Waals surface area (Å²) in [4.78, 5) is 2.65. The lowest BCUT2D eigenvalue weighted by Crippen LogP contribution is -2.37. The molecule has 0 heterocycles. The summed E-state index contributed by atoms with van der Waals surface area (Å²) in [5, 5.41) is 0. The van der Waals surface area contributed by atoms with Crippen LogP contribution in [0.3, 0.4) is 0 Å². The fraction of sp³-hybridized carbons (Fsp3) is 0.600. The van der Waals surface area contributed by atoms with Crippen LogP contribution in [-0.2, 0) is 6.42 Å². The fourth-order valence-corrected chi connectivity index (χ4v) is 2.78. The molecule has 0 aliphatic heterocycles. The summed E-state index contributed by atoms with van der Waals surface area (Å²) in [7, 11) is 0. The van der Waals surface area contributed by atoms with Crippen LogP contribution < -0.4 is 0 Å². The lowest BCUT2D eigenvalue weighted by atomic mass is 10.0. The van der Waals surface area contributed by atoms with Gasteiger partial charge >= 0.3 is 0 Å². The Balaban J connectivity index is 1.90. The summed E-state index contributed by atoms with van der Waals surface area (Å²) in [6.45, 7) is 6.97. The second-order valence-corrected chi connectivity index (χ2v) is 4.88. The minimum Gasteiger partial charge on any atom is -0.298 e. The number of benzene rings is 1. The average Bonchev–Trinajstić information content (AvgIpc) is 3.11. The number of aryl methyl sites for hydroxylation is 1. The molecule has 0 aromatic heterocycles. The second kappa shape index (κ2) is 5.01. The van der Waals surface area contributed by atoms with Gasteiger partial charge in [-0.2, -0.15) is 0 Å². The summed E-state index contributed by atoms with van der Waals surface area (Å²) < 4.78 is 0. The molecule has 16 heavy (non-hydrogen) atoms. The van der Waals surface area contributed by atoms with Crippen molar-refractivity contribution in [2.45, 2.75) is 45.1 Å². The highest BCUT2D eigenvalue weighted by Gasteiger charge is 2.45. The molecule has 0 unspecified atom stereocenters. The van der Waals surface area contributed by atoms with Crippen LogP contribution >= 0.6 is 0 Å². The van der Waals surface area contributed by atoms with Gasteiger partial charge in [-0.15, -0.1) is 0 Å². The highest BCUT2D eigenvalue weighted by molar-refractivity contribution is 5.16. The van der Waals surface area contributed by atoms with Crippen LogP contribution in [0.25, 0.3) is 0 Å². The number of hydrogen-bond acceptors (Lipinski definition) is 1. The Morgan fingerprint density at radius 1 is 1.06 bits per heavy atom. The molecule has 0 N–H and O–H groups in total. The predicted octanol–water partition coefficient (Wildman–Crippen LogP) is 3.49. The standard InChI is InChI=1S/C15H23N/c1-3-16(4-2)15(12-13-15)11-10-14-8-6-5-7-9-14/h5-9H,3-4,10-13H2,1-2H3. The monoisotopic (exact) mass is 217 g/mol. The van der Waals surface area contributed by atoms with Crippen molar-refractivity contribution in [2.75, 3.05) is 13.1 Å². The molecule has 88 valence electrons. The van der Waals surface area contributed by atoms with Gasteiger partial charge in [0.15, 0.2) is 0 Å². The van der Waals surface area contributed by atoms with E-state index in [0.717, 1.165) is 0 Å². The highest BCUT2D eigenvalue weighted by atomic mass is 15.2. The summed E-state index contributed by atoms with van der Waals surface area (Å²) in [5.41, 5.74) is 2.04. The van der Waals surface area contributed by atoms with Crippen molar-refractivity contribution in [3.8, 4) is 0 Å². The first-order valence-corrected chi connectivity index (χ1v) is 6.60. The van der Waals surface area contributed by atoms with Gasteiger partial charge in [-0.3, -0.25) is 4.90 Å². The summed E-state index contributed by atoms with van der Waals surface area (Å²) in [6, 6.07) is 10.9. The molecule has 1 aliphatic rings. The third-order valence-electron chi connectivity index (χ3n) is 3.98. The Morgan fingerprint density at radius 3 is 2.19 bits per heavy atom. The van der Waals surface area contributed by atoms with Crippen LogP contribution in [0.1, 0.15) is 38.7 Å². The first-order valence-electron chi connectivity index (χ1n) is 6.60. The van der Waals surface area contributed by atoms with Crippen molar-refractivity contribution in [3.05, 3.63) is 35.9 Å². The third-order valence-corrected chi connectivity index (χ3v) is 3.98. The van der Waals surface area contributed by atoms with Crippen LogP contribution in [0.2, 0.25) is 0 Å². The van der Waals surface area contributed by atoms with Crippen molar-refractivity contribution in [3.63, 3.8) is 0 Å². The van der Waals surface area contributed by atoms with E-state index in [1.807, 2.05) is 0 Å². The largest absolute Gasteiger partial charge is 0.298 e. The Morgan fingerprint density at radius 2 is 1.69 bits per heavy atom. The van der Waals surface area contributed by atoms with E-state index in [-0.39, 0.29) is 0 Å². The van der Waals surface area contributed by atoms with Gasteiger partial charge in [0, 0.05) is 5.54 Å². The summed E-state index contributed by atoms with van der Waals surface area (Å²) in [5.74, 6) is 0. The number of hydrogen-bond donors (Lipinski definition) is 0. The maximum Gasteiger partial charge on any atom is 0.0213 e. The van der Waals surface area contributed by atoms with E-state index in [1.165, 1.54) is 44.3 Å². The van der Waals surface area contributed by atoms with E-state index in [0.29, 0.717) is 5.54 Å². The van der Waals surface area contributed by atoms with Gasteiger partial charge in [0.25, 0.3) is 0 Å². The molecule has 1 heteroatoms. The van der Waals surface area contributed by atoms with Gasteiger partial charge in [-0.05, 0) is 44.3 Å². The molecule has 2 rings (SSSR count). The van der Waals surface area contributed by atoms with E-state index in [1.54, 1.807) is 0 Å². The summed E-state index contributed by atoms with van der Waals surface area (Å²) >= 11 is 0. The molecule has 0 amide bonds. The van der Waals surface area contributed by atoms with E-state index < -0.39 is 0 Å². The Bertz CT molecular complexity index is 309. The molecular weight excluding hydrogens is 194 g/mol. The molecule has 1 fully saturated rings. The van der Waals surface area contributed by atoms with Crippen LogP contribution in [0.5, 0.6) is 0 Å². The molecule has 0 spiro atoms. The molecule has 1 nitrogen and oxygen atoms in total. The van der Waals surface area contributed by atoms with E-state index in [9.17, 15) is 0 Å². The lowest BCUT2D eigenvalue weighted by Gasteiger charge is -2.29. The zero-order valence-corrected chi connectivity index (χ0v) is 10.6. The maximum atomic E-state index is 2.65. The topological polar surface area (TPSA) is 3.24 Å². The quantitative estimate of drug-likeness (QED) is 0.705. The van der Waals surface area contributed by atoms with E-state index >= 15 is 0 Å². The molecule has 1 aromatic carbocycles. The minimum atomic E-state index is 0.555. The molecule has 1 saturated carbocycles. The molecule has 1 aliphatic carbocycles. The van der Waals surface area contributed by atoms with Crippen LogP contribution in [0.4, 0.5) is 0 Å². The molecule has 0 radical (unpaired) electrons. The summed E-state index contributed by atoms with van der Waals surface area (Å²) in [6.07, 6.45) is 5.37. The third kappa shape index (κ3) is 2.46. The molecular formula is C15H23N. The zero-order valence-electron chi connectivity index (χ0n) is 10.6. The van der Waals surface area contributed by atoms with Gasteiger partial charge < -0.3 is 0 Å². The van der Waals surface area contributed by atoms with Crippen LogP contribution in [0.15, 0.2) is 30.3 Å². The van der Waals surface area contributed by atoms with Crippen molar-refractivity contribution < 1.29 is 0 Å². The number of nitrogens with zero attached hydrogens (tertiary/aromatic N) is 1. The van der Waals surface area contributed by atoms with Gasteiger partial charge in [0.2, 0.25) is 0 Å². The first kappa shape index (κ1) is 11.7. The molecule has 0 atom stereocenters. The van der Waals surface area contributed by atoms with Gasteiger partial charge in [-0.1, -0.05) is 44.2 Å². The smallest absolute Gasteiger partial charge is 0.0213 e. The minimum absolute atomic E-state index is 0.555. The predicted molar refractivity (Wildman–Crippen MR) is 69.6 cm³/mol. The maximum absolute atomic E-state index is 2.65. The fourth-order valence-electron chi connectivity index (χ4n) is 2.78. The molecule has 0 bridgehead atoms. The Labute approximate surface area is 99.5 Å². The van der Waals surface area contributed by atoms with Crippen molar-refractivity contribution in [1.82, 2.24) is 4.90 Å². The highest BCUT2D eigenvalue weighted by Crippen LogP contribution is 2.45. The van der Waals surface area contributed by atoms with E-state index in [2.05, 4.69) is 49.1 Å². The van der Waals surface area contributed by atoms with Crippen molar-refractivity contribution in [2.24, 2.45) is 0 Å².